The summed E-state index contributed by atoms with van der Waals surface area (Å²) in [6, 6.07) is 10.9. The van der Waals surface area contributed by atoms with Crippen molar-refractivity contribution in [2.75, 3.05) is 38.0 Å². The topological polar surface area (TPSA) is 57.2 Å². The van der Waals surface area contributed by atoms with Gasteiger partial charge >= 0.3 is 0 Å². The average Bonchev–Trinajstić information content (AvgIpc) is 2.83. The lowest BCUT2D eigenvalue weighted by Gasteiger charge is -2.30. The molecule has 3 aromatic rings. The van der Waals surface area contributed by atoms with Crippen LogP contribution in [0.25, 0.3) is 11.4 Å². The van der Waals surface area contributed by atoms with Crippen molar-refractivity contribution in [1.82, 2.24) is 24.8 Å². The molecule has 0 atom stereocenters. The SMILES string of the molecule is CCN(CC)CCNc1nc(-c2ccncc2)nc2c1CCN(Cc1ccccc1F)C2. The number of hydrogen-bond donors (Lipinski definition) is 1. The van der Waals surface area contributed by atoms with E-state index in [0.717, 1.165) is 61.8 Å². The van der Waals surface area contributed by atoms with Crippen molar-refractivity contribution in [2.24, 2.45) is 0 Å². The summed E-state index contributed by atoms with van der Waals surface area (Å²) in [5.41, 5.74) is 3.85. The lowest BCUT2D eigenvalue weighted by atomic mass is 10.0. The standard InChI is InChI=1S/C25H31FN6/c1-3-31(4-2)16-14-28-25-21-11-15-32(17-20-7-5-6-8-22(20)26)18-23(21)29-24(30-25)19-9-12-27-13-10-19/h5-10,12-13H,3-4,11,14-18H2,1-2H3,(H,28,29,30). The number of nitrogens with one attached hydrogen (secondary N) is 1. The number of halogens is 1. The molecule has 0 unspecified atom stereocenters. The molecule has 6 nitrogen and oxygen atoms in total. The van der Waals surface area contributed by atoms with Crippen LogP contribution in [0.3, 0.4) is 0 Å². The molecule has 1 aromatic carbocycles. The minimum atomic E-state index is -0.155. The number of likely N-dealkylation sites (N-methyl/N-ethyl adjacent to an activating group) is 1. The summed E-state index contributed by atoms with van der Waals surface area (Å²) in [5, 5.41) is 3.57. The van der Waals surface area contributed by atoms with Crippen molar-refractivity contribution in [3.63, 3.8) is 0 Å². The first-order chi connectivity index (χ1) is 15.7. The van der Waals surface area contributed by atoms with Crippen LogP contribution in [0.15, 0.2) is 48.8 Å². The minimum Gasteiger partial charge on any atom is -0.368 e. The fourth-order valence-corrected chi connectivity index (χ4v) is 4.14. The van der Waals surface area contributed by atoms with E-state index in [9.17, 15) is 4.39 Å². The number of nitrogens with zero attached hydrogens (tertiary/aromatic N) is 5. The van der Waals surface area contributed by atoms with Crippen LogP contribution in [0.5, 0.6) is 0 Å². The van der Waals surface area contributed by atoms with E-state index >= 15 is 0 Å². The summed E-state index contributed by atoms with van der Waals surface area (Å²) < 4.78 is 14.2. The van der Waals surface area contributed by atoms with Crippen molar-refractivity contribution in [3.8, 4) is 11.4 Å². The van der Waals surface area contributed by atoms with Crippen LogP contribution in [-0.2, 0) is 19.5 Å². The molecule has 0 spiro atoms. The van der Waals surface area contributed by atoms with Gasteiger partial charge < -0.3 is 10.2 Å². The highest BCUT2D eigenvalue weighted by Crippen LogP contribution is 2.28. The van der Waals surface area contributed by atoms with E-state index in [-0.39, 0.29) is 5.82 Å². The Bertz CT molecular complexity index is 1020. The third-order valence-corrected chi connectivity index (χ3v) is 6.05. The molecule has 0 saturated carbocycles. The molecule has 0 aliphatic carbocycles. The maximum Gasteiger partial charge on any atom is 0.161 e. The zero-order valence-electron chi connectivity index (χ0n) is 18.9. The molecule has 0 amide bonds. The molecule has 0 fully saturated rings. The predicted molar refractivity (Wildman–Crippen MR) is 126 cm³/mol. The highest BCUT2D eigenvalue weighted by molar-refractivity contribution is 5.59. The number of pyridine rings is 1. The first-order valence-electron chi connectivity index (χ1n) is 11.4. The quantitative estimate of drug-likeness (QED) is 0.550. The molecular weight excluding hydrogens is 403 g/mol. The third kappa shape index (κ3) is 5.29. The molecule has 32 heavy (non-hydrogen) atoms. The minimum absolute atomic E-state index is 0.155. The number of rotatable bonds is 9. The van der Waals surface area contributed by atoms with E-state index in [0.29, 0.717) is 18.9 Å². The van der Waals surface area contributed by atoms with Gasteiger partial charge in [0.2, 0.25) is 0 Å². The Hall–Kier alpha value is -2.90. The molecular formula is C25H31FN6. The Balaban J connectivity index is 1.58. The second-order valence-electron chi connectivity index (χ2n) is 8.06. The van der Waals surface area contributed by atoms with Gasteiger partial charge in [0.15, 0.2) is 5.82 Å². The molecule has 0 saturated heterocycles. The van der Waals surface area contributed by atoms with Crippen molar-refractivity contribution in [3.05, 3.63) is 71.4 Å². The second-order valence-corrected chi connectivity index (χ2v) is 8.06. The van der Waals surface area contributed by atoms with Gasteiger partial charge in [-0.15, -0.1) is 0 Å². The zero-order valence-corrected chi connectivity index (χ0v) is 18.9. The molecule has 2 aromatic heterocycles. The van der Waals surface area contributed by atoms with E-state index in [2.05, 4.69) is 33.9 Å². The molecule has 4 rings (SSSR count). The lowest BCUT2D eigenvalue weighted by molar-refractivity contribution is 0.238. The lowest BCUT2D eigenvalue weighted by Crippen LogP contribution is -2.33. The molecule has 168 valence electrons. The highest BCUT2D eigenvalue weighted by atomic mass is 19.1. The predicted octanol–water partition coefficient (Wildman–Crippen LogP) is 3.99. The molecule has 1 aliphatic heterocycles. The molecule has 7 heteroatoms. The zero-order chi connectivity index (χ0) is 22.3. The van der Waals surface area contributed by atoms with Crippen LogP contribution in [-0.4, -0.2) is 57.5 Å². The highest BCUT2D eigenvalue weighted by Gasteiger charge is 2.23. The van der Waals surface area contributed by atoms with Crippen LogP contribution in [0, 0.1) is 5.82 Å². The van der Waals surface area contributed by atoms with Gasteiger partial charge in [0.05, 0.1) is 5.69 Å². The maximum absolute atomic E-state index is 14.2. The van der Waals surface area contributed by atoms with Crippen molar-refractivity contribution in [2.45, 2.75) is 33.4 Å². The third-order valence-electron chi connectivity index (χ3n) is 6.05. The van der Waals surface area contributed by atoms with E-state index in [4.69, 9.17) is 9.97 Å². The Morgan fingerprint density at radius 1 is 1.06 bits per heavy atom. The molecule has 0 bridgehead atoms. The summed E-state index contributed by atoms with van der Waals surface area (Å²) in [6.07, 6.45) is 4.36. The average molecular weight is 435 g/mol. The fraction of sp³-hybridized carbons (Fsp3) is 0.400. The van der Waals surface area contributed by atoms with E-state index in [1.165, 1.54) is 11.6 Å². The second kappa shape index (κ2) is 10.6. The van der Waals surface area contributed by atoms with Crippen LogP contribution < -0.4 is 5.32 Å². The summed E-state index contributed by atoms with van der Waals surface area (Å²) in [4.78, 5) is 18.5. The number of benzene rings is 1. The Labute approximate surface area is 189 Å². The Kier molecular flexibility index (Phi) is 7.39. The molecule has 1 N–H and O–H groups in total. The van der Waals surface area contributed by atoms with E-state index < -0.39 is 0 Å². The van der Waals surface area contributed by atoms with Crippen LogP contribution >= 0.6 is 0 Å². The Morgan fingerprint density at radius 2 is 1.84 bits per heavy atom. The molecule has 3 heterocycles. The first kappa shape index (κ1) is 22.3. The van der Waals surface area contributed by atoms with Gasteiger partial charge in [-0.05, 0) is 37.7 Å². The molecule has 1 aliphatic rings. The first-order valence-corrected chi connectivity index (χ1v) is 11.4. The van der Waals surface area contributed by atoms with Crippen molar-refractivity contribution < 1.29 is 4.39 Å². The largest absolute Gasteiger partial charge is 0.368 e. The van der Waals surface area contributed by atoms with Crippen molar-refractivity contribution in [1.29, 1.82) is 0 Å². The van der Waals surface area contributed by atoms with Gasteiger partial charge in [0.25, 0.3) is 0 Å². The van der Waals surface area contributed by atoms with Gasteiger partial charge in [-0.25, -0.2) is 14.4 Å². The Morgan fingerprint density at radius 3 is 2.59 bits per heavy atom. The van der Waals surface area contributed by atoms with E-state index in [1.54, 1.807) is 18.5 Å². The summed E-state index contributed by atoms with van der Waals surface area (Å²) in [7, 11) is 0. The van der Waals surface area contributed by atoms with Crippen LogP contribution in [0.2, 0.25) is 0 Å². The number of hydrogen-bond acceptors (Lipinski definition) is 6. The number of anilines is 1. The van der Waals surface area contributed by atoms with E-state index in [1.807, 2.05) is 24.3 Å². The van der Waals surface area contributed by atoms with Crippen molar-refractivity contribution >= 4 is 5.82 Å². The van der Waals surface area contributed by atoms with Gasteiger partial charge in [0.1, 0.15) is 11.6 Å². The maximum atomic E-state index is 14.2. The normalized spacial score (nSPS) is 13.9. The van der Waals surface area contributed by atoms with Crippen LogP contribution in [0.1, 0.15) is 30.7 Å². The monoisotopic (exact) mass is 434 g/mol. The number of aromatic nitrogens is 3. The summed E-state index contributed by atoms with van der Waals surface area (Å²) in [6.45, 7) is 10.3. The van der Waals surface area contributed by atoms with Crippen LogP contribution in [0.4, 0.5) is 10.2 Å². The van der Waals surface area contributed by atoms with Gasteiger partial charge in [0, 0.05) is 61.8 Å². The van der Waals surface area contributed by atoms with Gasteiger partial charge in [-0.1, -0.05) is 32.0 Å². The summed E-state index contributed by atoms with van der Waals surface area (Å²) >= 11 is 0. The smallest absolute Gasteiger partial charge is 0.161 e. The van der Waals surface area contributed by atoms with Gasteiger partial charge in [-0.2, -0.15) is 0 Å². The molecule has 0 radical (unpaired) electrons. The fourth-order valence-electron chi connectivity index (χ4n) is 4.14. The summed E-state index contributed by atoms with van der Waals surface area (Å²) in [5.74, 6) is 1.46. The number of fused-ring (bicyclic) bond motifs is 1. The van der Waals surface area contributed by atoms with Gasteiger partial charge in [-0.3, -0.25) is 9.88 Å².